The van der Waals surface area contributed by atoms with Crippen LogP contribution < -0.4 is 0 Å². The van der Waals surface area contributed by atoms with Gasteiger partial charge in [-0.05, 0) is 38.1 Å². The number of sulfonamides is 1. The molecule has 0 atom stereocenters. The Labute approximate surface area is 147 Å². The van der Waals surface area contributed by atoms with Crippen molar-refractivity contribution in [2.24, 2.45) is 0 Å². The Morgan fingerprint density at radius 3 is 2.32 bits per heavy atom. The number of piperazine rings is 1. The summed E-state index contributed by atoms with van der Waals surface area (Å²) in [7, 11) is -3.56. The van der Waals surface area contributed by atoms with Gasteiger partial charge in [0.1, 0.15) is 5.82 Å². The molecule has 1 aromatic heterocycles. The summed E-state index contributed by atoms with van der Waals surface area (Å²) in [4.78, 5) is 2.38. The number of hydrogen-bond acceptors (Lipinski definition) is 4. The van der Waals surface area contributed by atoms with E-state index in [0.717, 1.165) is 18.8 Å². The fraction of sp³-hybridized carbons (Fsp3) is 0.471. The largest absolute Gasteiger partial charge is 0.296 e. The summed E-state index contributed by atoms with van der Waals surface area (Å²) in [5.74, 6) is -0.438. The van der Waals surface area contributed by atoms with Gasteiger partial charge in [0.05, 0.1) is 10.6 Å². The molecule has 1 fully saturated rings. The third kappa shape index (κ3) is 3.91. The molecule has 1 aromatic carbocycles. The van der Waals surface area contributed by atoms with Gasteiger partial charge in [0, 0.05) is 51.0 Å². The van der Waals surface area contributed by atoms with Crippen molar-refractivity contribution >= 4 is 10.0 Å². The average Bonchev–Trinajstić information content (AvgIpc) is 2.96. The van der Waals surface area contributed by atoms with E-state index in [0.29, 0.717) is 26.2 Å². The van der Waals surface area contributed by atoms with E-state index in [1.807, 2.05) is 11.6 Å². The van der Waals surface area contributed by atoms with Gasteiger partial charge in [-0.3, -0.25) is 9.58 Å². The minimum Gasteiger partial charge on any atom is -0.296 e. The normalized spacial score (nSPS) is 17.1. The predicted molar refractivity (Wildman–Crippen MR) is 93.1 cm³/mol. The molecule has 0 bridgehead atoms. The minimum atomic E-state index is -3.56. The lowest BCUT2D eigenvalue weighted by molar-refractivity contribution is 0.181. The molecule has 0 aliphatic carbocycles. The second-order valence-electron chi connectivity index (χ2n) is 6.23. The number of aryl methyl sites for hydroxylation is 2. The second kappa shape index (κ2) is 7.23. The van der Waals surface area contributed by atoms with Crippen molar-refractivity contribution in [1.82, 2.24) is 19.0 Å². The molecule has 0 amide bonds. The molecule has 2 aromatic rings. The molecule has 0 radical (unpaired) electrons. The molecule has 8 heteroatoms. The topological polar surface area (TPSA) is 58.4 Å². The second-order valence-corrected chi connectivity index (χ2v) is 8.17. The van der Waals surface area contributed by atoms with Crippen LogP contribution in [0.1, 0.15) is 18.2 Å². The maximum absolute atomic E-state index is 13.0. The zero-order valence-corrected chi connectivity index (χ0v) is 15.3. The Bertz CT molecular complexity index is 825. The Hall–Kier alpha value is -1.77. The van der Waals surface area contributed by atoms with Crippen LogP contribution in [0, 0.1) is 12.7 Å². The fourth-order valence-corrected chi connectivity index (χ4v) is 4.42. The molecule has 136 valence electrons. The highest BCUT2D eigenvalue weighted by Gasteiger charge is 2.28. The van der Waals surface area contributed by atoms with Crippen LogP contribution in [0.3, 0.4) is 0 Å². The molecule has 0 unspecified atom stereocenters. The molecule has 1 aliphatic rings. The average molecular weight is 366 g/mol. The van der Waals surface area contributed by atoms with Gasteiger partial charge in [0.25, 0.3) is 0 Å². The van der Waals surface area contributed by atoms with Gasteiger partial charge in [-0.25, -0.2) is 12.8 Å². The predicted octanol–water partition coefficient (Wildman–Crippen LogP) is 1.86. The van der Waals surface area contributed by atoms with Crippen molar-refractivity contribution in [3.63, 3.8) is 0 Å². The zero-order valence-electron chi connectivity index (χ0n) is 14.5. The molecule has 25 heavy (non-hydrogen) atoms. The van der Waals surface area contributed by atoms with Gasteiger partial charge in [-0.1, -0.05) is 0 Å². The number of rotatable bonds is 5. The molecule has 3 rings (SSSR count). The summed E-state index contributed by atoms with van der Waals surface area (Å²) in [5, 5.41) is 4.45. The Morgan fingerprint density at radius 2 is 1.76 bits per heavy atom. The van der Waals surface area contributed by atoms with Gasteiger partial charge < -0.3 is 0 Å². The van der Waals surface area contributed by atoms with Crippen molar-refractivity contribution in [1.29, 1.82) is 0 Å². The highest BCUT2D eigenvalue weighted by molar-refractivity contribution is 7.89. The van der Waals surface area contributed by atoms with E-state index in [1.165, 1.54) is 34.1 Å². The number of benzene rings is 1. The first-order chi connectivity index (χ1) is 11.9. The van der Waals surface area contributed by atoms with Crippen LogP contribution in [0.15, 0.2) is 35.4 Å². The number of aromatic nitrogens is 2. The van der Waals surface area contributed by atoms with Crippen LogP contribution in [0.5, 0.6) is 0 Å². The summed E-state index contributed by atoms with van der Waals surface area (Å²) in [5.41, 5.74) is 2.19. The molecule has 1 aliphatic heterocycles. The van der Waals surface area contributed by atoms with Crippen molar-refractivity contribution in [3.05, 3.63) is 47.5 Å². The smallest absolute Gasteiger partial charge is 0.243 e. The number of nitrogens with zero attached hydrogens (tertiary/aromatic N) is 4. The molecule has 0 spiro atoms. The molecule has 0 N–H and O–H groups in total. The Morgan fingerprint density at radius 1 is 1.12 bits per heavy atom. The van der Waals surface area contributed by atoms with E-state index in [1.54, 1.807) is 0 Å². The van der Waals surface area contributed by atoms with E-state index in [2.05, 4.69) is 23.1 Å². The molecule has 1 saturated heterocycles. The van der Waals surface area contributed by atoms with Crippen molar-refractivity contribution < 1.29 is 12.8 Å². The minimum absolute atomic E-state index is 0.141. The van der Waals surface area contributed by atoms with Crippen LogP contribution in [0.25, 0.3) is 0 Å². The zero-order chi connectivity index (χ0) is 18.0. The Kier molecular flexibility index (Phi) is 5.21. The molecular formula is C17H23FN4O2S. The summed E-state index contributed by atoms with van der Waals surface area (Å²) >= 11 is 0. The number of hydrogen-bond donors (Lipinski definition) is 0. The van der Waals surface area contributed by atoms with Gasteiger partial charge in [0.2, 0.25) is 10.0 Å². The maximum atomic E-state index is 13.0. The Balaban J connectivity index is 1.63. The third-order valence-electron chi connectivity index (χ3n) is 4.55. The fourth-order valence-electron chi connectivity index (χ4n) is 3.00. The molecular weight excluding hydrogens is 343 g/mol. The first-order valence-corrected chi connectivity index (χ1v) is 9.85. The van der Waals surface area contributed by atoms with Gasteiger partial charge >= 0.3 is 0 Å². The quantitative estimate of drug-likeness (QED) is 0.810. The number of halogens is 1. The summed E-state index contributed by atoms with van der Waals surface area (Å²) in [6.45, 7) is 7.85. The van der Waals surface area contributed by atoms with E-state index in [9.17, 15) is 12.8 Å². The summed E-state index contributed by atoms with van der Waals surface area (Å²) < 4.78 is 41.7. The lowest BCUT2D eigenvalue weighted by Crippen LogP contribution is -2.48. The van der Waals surface area contributed by atoms with E-state index in [-0.39, 0.29) is 4.90 Å². The van der Waals surface area contributed by atoms with Crippen LogP contribution in [-0.4, -0.2) is 53.6 Å². The monoisotopic (exact) mass is 366 g/mol. The summed E-state index contributed by atoms with van der Waals surface area (Å²) in [6, 6.07) is 4.99. The van der Waals surface area contributed by atoms with E-state index >= 15 is 0 Å². The highest BCUT2D eigenvalue weighted by atomic mass is 32.2. The van der Waals surface area contributed by atoms with Crippen molar-refractivity contribution in [2.45, 2.75) is 31.8 Å². The molecule has 6 nitrogen and oxygen atoms in total. The van der Waals surface area contributed by atoms with Gasteiger partial charge in [0.15, 0.2) is 0 Å². The molecule has 2 heterocycles. The van der Waals surface area contributed by atoms with Gasteiger partial charge in [-0.15, -0.1) is 0 Å². The van der Waals surface area contributed by atoms with Gasteiger partial charge in [-0.2, -0.15) is 9.40 Å². The third-order valence-corrected chi connectivity index (χ3v) is 6.46. The standard InChI is InChI=1S/C17H23FN4O2S/c1-3-21-13-15(14(2)19-21)12-20-8-10-22(11-9-20)25(23,24)17-6-4-16(18)5-7-17/h4-7,13H,3,8-12H2,1-2H3. The van der Waals surface area contributed by atoms with Crippen molar-refractivity contribution in [3.8, 4) is 0 Å². The van der Waals surface area contributed by atoms with E-state index < -0.39 is 15.8 Å². The molecule has 0 saturated carbocycles. The maximum Gasteiger partial charge on any atom is 0.243 e. The van der Waals surface area contributed by atoms with Crippen LogP contribution in [0.2, 0.25) is 0 Å². The van der Waals surface area contributed by atoms with E-state index in [4.69, 9.17) is 0 Å². The van der Waals surface area contributed by atoms with Crippen LogP contribution in [-0.2, 0) is 23.1 Å². The van der Waals surface area contributed by atoms with Crippen LogP contribution >= 0.6 is 0 Å². The SMILES string of the molecule is CCn1cc(CN2CCN(S(=O)(=O)c3ccc(F)cc3)CC2)c(C)n1. The highest BCUT2D eigenvalue weighted by Crippen LogP contribution is 2.19. The lowest BCUT2D eigenvalue weighted by Gasteiger charge is -2.33. The lowest BCUT2D eigenvalue weighted by atomic mass is 10.2. The summed E-state index contributed by atoms with van der Waals surface area (Å²) in [6.07, 6.45) is 2.05. The van der Waals surface area contributed by atoms with Crippen molar-refractivity contribution in [2.75, 3.05) is 26.2 Å². The first kappa shape index (κ1) is 18.0. The van der Waals surface area contributed by atoms with Crippen LogP contribution in [0.4, 0.5) is 4.39 Å². The first-order valence-electron chi connectivity index (χ1n) is 8.41.